The molecule has 1 unspecified atom stereocenters. The minimum Gasteiger partial charge on any atom is -0.469 e. The van der Waals surface area contributed by atoms with Crippen molar-refractivity contribution in [1.82, 2.24) is 5.32 Å². The zero-order chi connectivity index (χ0) is 15.2. The minimum absolute atomic E-state index is 0.157. The summed E-state index contributed by atoms with van der Waals surface area (Å²) in [5.74, 6) is -0.157. The molecule has 0 rings (SSSR count). The summed E-state index contributed by atoms with van der Waals surface area (Å²) in [5.41, 5.74) is 0.696. The first-order valence-electron chi connectivity index (χ1n) is 7.09. The van der Waals surface area contributed by atoms with Gasteiger partial charge in [-0.2, -0.15) is 0 Å². The molecule has 0 radical (unpaired) electrons. The zero-order valence-corrected chi connectivity index (χ0v) is 12.6. The fourth-order valence-corrected chi connectivity index (χ4v) is 1.68. The Hall–Kier alpha value is -1.55. The number of ether oxygens (including phenoxy) is 1. The van der Waals surface area contributed by atoms with E-state index in [1.165, 1.54) is 7.11 Å². The topological polar surface area (TPSA) is 58.6 Å². The molecule has 4 heteroatoms. The van der Waals surface area contributed by atoms with Crippen molar-refractivity contribution in [2.75, 3.05) is 7.11 Å². The monoisotopic (exact) mass is 281 g/mol. The van der Waals surface area contributed by atoms with Crippen molar-refractivity contribution in [3.05, 3.63) is 36.6 Å². The Kier molecular flexibility index (Phi) is 11.5. The molecular weight excluding hydrogens is 254 g/mol. The minimum atomic E-state index is -0.571. The summed E-state index contributed by atoms with van der Waals surface area (Å²) in [4.78, 5) is 10.9. The number of carbonyl (C=O) groups excluding carboxylic acids is 1. The average Bonchev–Trinajstić information content (AvgIpc) is 2.42. The smallest absolute Gasteiger partial charge is 0.305 e. The molecule has 0 aromatic heterocycles. The highest BCUT2D eigenvalue weighted by atomic mass is 16.5. The quantitative estimate of drug-likeness (QED) is 0.264. The van der Waals surface area contributed by atoms with E-state index < -0.39 is 6.23 Å². The second-order valence-electron chi connectivity index (χ2n) is 4.60. The van der Waals surface area contributed by atoms with Gasteiger partial charge in [-0.3, -0.25) is 4.79 Å². The number of carbonyl (C=O) groups is 1. The van der Waals surface area contributed by atoms with E-state index in [4.69, 9.17) is 0 Å². The Bertz CT molecular complexity index is 335. The molecule has 0 spiro atoms. The van der Waals surface area contributed by atoms with Crippen LogP contribution in [0.2, 0.25) is 0 Å². The predicted octanol–water partition coefficient (Wildman–Crippen LogP) is 3.05. The number of unbranched alkanes of at least 4 members (excludes halogenated alkanes) is 3. The number of aliphatic hydroxyl groups excluding tert-OH is 1. The van der Waals surface area contributed by atoms with Gasteiger partial charge in [-0.05, 0) is 32.3 Å². The van der Waals surface area contributed by atoms with Gasteiger partial charge in [-0.25, -0.2) is 0 Å². The first-order valence-corrected chi connectivity index (χ1v) is 7.09. The van der Waals surface area contributed by atoms with Gasteiger partial charge in [0.05, 0.1) is 7.11 Å². The molecule has 0 aromatic rings. The van der Waals surface area contributed by atoms with Crippen LogP contribution >= 0.6 is 0 Å². The van der Waals surface area contributed by atoms with E-state index in [0.717, 1.165) is 25.7 Å². The van der Waals surface area contributed by atoms with E-state index in [2.05, 4.69) is 16.6 Å². The van der Waals surface area contributed by atoms with Crippen molar-refractivity contribution in [1.29, 1.82) is 0 Å². The van der Waals surface area contributed by atoms with Gasteiger partial charge in [-0.15, -0.1) is 0 Å². The lowest BCUT2D eigenvalue weighted by Gasteiger charge is -2.13. The lowest BCUT2D eigenvalue weighted by atomic mass is 10.1. The lowest BCUT2D eigenvalue weighted by Crippen LogP contribution is -2.26. The zero-order valence-electron chi connectivity index (χ0n) is 12.6. The summed E-state index contributed by atoms with van der Waals surface area (Å²) in [7, 11) is 1.40. The Balaban J connectivity index is 3.56. The highest BCUT2D eigenvalue weighted by molar-refractivity contribution is 5.68. The van der Waals surface area contributed by atoms with Crippen LogP contribution in [0, 0.1) is 0 Å². The van der Waals surface area contributed by atoms with Crippen LogP contribution in [-0.2, 0) is 9.53 Å². The van der Waals surface area contributed by atoms with E-state index in [-0.39, 0.29) is 5.97 Å². The van der Waals surface area contributed by atoms with Gasteiger partial charge in [0, 0.05) is 12.1 Å². The Morgan fingerprint density at radius 3 is 2.65 bits per heavy atom. The molecule has 114 valence electrons. The van der Waals surface area contributed by atoms with Gasteiger partial charge in [0.15, 0.2) is 0 Å². The maximum Gasteiger partial charge on any atom is 0.305 e. The first kappa shape index (κ1) is 18.4. The molecule has 0 aliphatic heterocycles. The number of rotatable bonds is 11. The SMILES string of the molecule is C=C(/C=C\C=C/C)NC(O)CCCCCCC(=O)OC. The molecule has 0 aromatic carbocycles. The van der Waals surface area contributed by atoms with Crippen molar-refractivity contribution in [2.45, 2.75) is 51.7 Å². The van der Waals surface area contributed by atoms with E-state index >= 15 is 0 Å². The molecule has 20 heavy (non-hydrogen) atoms. The molecule has 4 nitrogen and oxygen atoms in total. The normalized spacial score (nSPS) is 12.8. The van der Waals surface area contributed by atoms with Gasteiger partial charge in [0.25, 0.3) is 0 Å². The Labute approximate surface area is 122 Å². The van der Waals surface area contributed by atoms with Crippen LogP contribution < -0.4 is 5.32 Å². The average molecular weight is 281 g/mol. The van der Waals surface area contributed by atoms with Crippen LogP contribution in [0.1, 0.15) is 45.4 Å². The lowest BCUT2D eigenvalue weighted by molar-refractivity contribution is -0.140. The van der Waals surface area contributed by atoms with Crippen LogP contribution in [0.3, 0.4) is 0 Å². The second kappa shape index (κ2) is 12.5. The van der Waals surface area contributed by atoms with Gasteiger partial charge >= 0.3 is 5.97 Å². The third kappa shape index (κ3) is 11.5. The fourth-order valence-electron chi connectivity index (χ4n) is 1.68. The highest BCUT2D eigenvalue weighted by Gasteiger charge is 2.03. The van der Waals surface area contributed by atoms with E-state index in [9.17, 15) is 9.90 Å². The summed E-state index contributed by atoms with van der Waals surface area (Å²) < 4.78 is 4.57. The maximum atomic E-state index is 10.9. The van der Waals surface area contributed by atoms with E-state index in [0.29, 0.717) is 18.5 Å². The molecule has 0 aliphatic rings. The van der Waals surface area contributed by atoms with Crippen molar-refractivity contribution in [2.24, 2.45) is 0 Å². The summed E-state index contributed by atoms with van der Waals surface area (Å²) in [6.45, 7) is 5.75. The summed E-state index contributed by atoms with van der Waals surface area (Å²) >= 11 is 0. The number of hydrogen-bond donors (Lipinski definition) is 2. The third-order valence-corrected chi connectivity index (χ3v) is 2.79. The third-order valence-electron chi connectivity index (χ3n) is 2.79. The molecule has 0 saturated heterocycles. The molecule has 0 bridgehead atoms. The number of nitrogens with one attached hydrogen (secondary N) is 1. The number of aliphatic hydroxyl groups is 1. The molecule has 0 amide bonds. The molecule has 1 atom stereocenters. The highest BCUT2D eigenvalue weighted by Crippen LogP contribution is 2.08. The number of hydrogen-bond acceptors (Lipinski definition) is 4. The van der Waals surface area contributed by atoms with Crippen molar-refractivity contribution >= 4 is 5.97 Å². The molecule has 0 heterocycles. The van der Waals surface area contributed by atoms with Gasteiger partial charge in [0.2, 0.25) is 0 Å². The molecule has 0 fully saturated rings. The van der Waals surface area contributed by atoms with Crippen LogP contribution in [0.15, 0.2) is 36.6 Å². The van der Waals surface area contributed by atoms with Gasteiger partial charge in [0.1, 0.15) is 6.23 Å². The van der Waals surface area contributed by atoms with Crippen molar-refractivity contribution in [3.8, 4) is 0 Å². The Morgan fingerprint density at radius 2 is 2.00 bits per heavy atom. The molecule has 0 aliphatic carbocycles. The van der Waals surface area contributed by atoms with Crippen LogP contribution in [-0.4, -0.2) is 24.4 Å². The van der Waals surface area contributed by atoms with Crippen LogP contribution in [0.5, 0.6) is 0 Å². The predicted molar refractivity (Wildman–Crippen MR) is 82.0 cm³/mol. The van der Waals surface area contributed by atoms with E-state index in [1.54, 1.807) is 0 Å². The van der Waals surface area contributed by atoms with Crippen LogP contribution in [0.4, 0.5) is 0 Å². The molecular formula is C16H27NO3. The molecule has 2 N–H and O–H groups in total. The number of allylic oxidation sites excluding steroid dienone is 4. The van der Waals surface area contributed by atoms with Crippen LogP contribution in [0.25, 0.3) is 0 Å². The Morgan fingerprint density at radius 1 is 1.30 bits per heavy atom. The molecule has 0 saturated carbocycles. The summed E-state index contributed by atoms with van der Waals surface area (Å²) in [6, 6.07) is 0. The maximum absolute atomic E-state index is 10.9. The standard InChI is InChI=1S/C16H27NO3/c1-4-5-8-11-14(2)17-15(18)12-9-6-7-10-13-16(19)20-3/h4-5,8,11,15,17-18H,2,6-7,9-10,12-13H2,1,3H3/b5-4-,11-8-. The van der Waals surface area contributed by atoms with Crippen molar-refractivity contribution in [3.63, 3.8) is 0 Å². The van der Waals surface area contributed by atoms with Gasteiger partial charge < -0.3 is 15.2 Å². The summed E-state index contributed by atoms with van der Waals surface area (Å²) in [6.07, 6.45) is 11.8. The van der Waals surface area contributed by atoms with Crippen molar-refractivity contribution < 1.29 is 14.6 Å². The fraction of sp³-hybridized carbons (Fsp3) is 0.562. The second-order valence-corrected chi connectivity index (χ2v) is 4.60. The summed E-state index contributed by atoms with van der Waals surface area (Å²) in [5, 5.41) is 12.7. The largest absolute Gasteiger partial charge is 0.469 e. The first-order chi connectivity index (χ1) is 9.60. The van der Waals surface area contributed by atoms with Gasteiger partial charge in [-0.1, -0.05) is 37.6 Å². The van der Waals surface area contributed by atoms with E-state index in [1.807, 2.05) is 31.2 Å². The number of methoxy groups -OCH3 is 1. The number of esters is 1.